The fraction of sp³-hybridized carbons (Fsp3) is 0.500. The number of hydrogen-bond acceptors (Lipinski definition) is 10. The standard InChI is InChI=1S/C12H16N6O6/c1-7(19)13-9-11(17-23-15-9)21-5-3-4-6-22-12-10(14-8(2)20)16-24-18-12/h3-6H2,1-2H3,(H,13,15,19)(H,14,16,20). The number of carbonyl (C=O) groups is 2. The van der Waals surface area contributed by atoms with Crippen LogP contribution in [0.1, 0.15) is 26.7 Å². The lowest BCUT2D eigenvalue weighted by Crippen LogP contribution is -2.10. The maximum absolute atomic E-state index is 10.9. The van der Waals surface area contributed by atoms with Gasteiger partial charge in [0.15, 0.2) is 0 Å². The van der Waals surface area contributed by atoms with Crippen LogP contribution in [0.25, 0.3) is 0 Å². The van der Waals surface area contributed by atoms with Gasteiger partial charge < -0.3 is 20.1 Å². The van der Waals surface area contributed by atoms with Crippen LogP contribution < -0.4 is 20.1 Å². The zero-order chi connectivity index (χ0) is 17.4. The normalized spacial score (nSPS) is 10.2. The summed E-state index contributed by atoms with van der Waals surface area (Å²) >= 11 is 0. The average Bonchev–Trinajstić information content (AvgIpc) is 3.11. The van der Waals surface area contributed by atoms with E-state index in [1.807, 2.05) is 0 Å². The second-order valence-electron chi connectivity index (χ2n) is 4.60. The van der Waals surface area contributed by atoms with Crippen molar-refractivity contribution in [3.05, 3.63) is 0 Å². The minimum Gasteiger partial charge on any atom is -0.473 e. The second kappa shape index (κ2) is 8.45. The van der Waals surface area contributed by atoms with E-state index >= 15 is 0 Å². The summed E-state index contributed by atoms with van der Waals surface area (Å²) in [6, 6.07) is 0. The third kappa shape index (κ3) is 5.23. The predicted octanol–water partition coefficient (Wildman–Crippen LogP) is 0.607. The number of aromatic nitrogens is 4. The Bertz CT molecular complexity index is 625. The fourth-order valence-corrected chi connectivity index (χ4v) is 1.58. The van der Waals surface area contributed by atoms with Gasteiger partial charge in [-0.05, 0) is 33.5 Å². The molecule has 2 amide bonds. The lowest BCUT2D eigenvalue weighted by molar-refractivity contribution is -0.115. The van der Waals surface area contributed by atoms with E-state index in [1.54, 1.807) is 0 Å². The number of unbranched alkanes of at least 4 members (excludes halogenated alkanes) is 1. The van der Waals surface area contributed by atoms with Gasteiger partial charge in [-0.1, -0.05) is 0 Å². The summed E-state index contributed by atoms with van der Waals surface area (Å²) in [6.45, 7) is 3.31. The minimum atomic E-state index is -0.305. The molecule has 2 aromatic rings. The lowest BCUT2D eigenvalue weighted by Gasteiger charge is -2.05. The molecule has 0 radical (unpaired) electrons. The molecule has 0 atom stereocenters. The molecule has 12 nitrogen and oxygen atoms in total. The molecular weight excluding hydrogens is 324 g/mol. The van der Waals surface area contributed by atoms with Gasteiger partial charge in [0.1, 0.15) is 0 Å². The molecule has 0 aromatic carbocycles. The van der Waals surface area contributed by atoms with E-state index in [4.69, 9.17) is 9.47 Å². The number of amides is 2. The second-order valence-corrected chi connectivity index (χ2v) is 4.60. The monoisotopic (exact) mass is 340 g/mol. The van der Waals surface area contributed by atoms with Crippen molar-refractivity contribution in [3.63, 3.8) is 0 Å². The first-order valence-electron chi connectivity index (χ1n) is 7.02. The van der Waals surface area contributed by atoms with Crippen LogP contribution in [0.5, 0.6) is 11.8 Å². The first kappa shape index (κ1) is 17.2. The molecular formula is C12H16N6O6. The van der Waals surface area contributed by atoms with Crippen molar-refractivity contribution in [2.45, 2.75) is 26.7 Å². The molecule has 0 unspecified atom stereocenters. The average molecular weight is 340 g/mol. The molecule has 12 heteroatoms. The summed E-state index contributed by atoms with van der Waals surface area (Å²) in [4.78, 5) is 21.9. The fourth-order valence-electron chi connectivity index (χ4n) is 1.58. The van der Waals surface area contributed by atoms with Gasteiger partial charge in [0.05, 0.1) is 13.2 Å². The third-order valence-electron chi connectivity index (χ3n) is 2.52. The van der Waals surface area contributed by atoms with Gasteiger partial charge >= 0.3 is 11.8 Å². The van der Waals surface area contributed by atoms with Crippen LogP contribution in [0.15, 0.2) is 9.26 Å². The molecule has 0 aliphatic rings. The van der Waals surface area contributed by atoms with Gasteiger partial charge in [0.2, 0.25) is 23.5 Å². The van der Waals surface area contributed by atoms with Gasteiger partial charge in [0, 0.05) is 13.8 Å². The van der Waals surface area contributed by atoms with Crippen LogP contribution in [0.3, 0.4) is 0 Å². The molecule has 2 aromatic heterocycles. The van der Waals surface area contributed by atoms with Crippen molar-refractivity contribution in [3.8, 4) is 11.8 Å². The predicted molar refractivity (Wildman–Crippen MR) is 77.4 cm³/mol. The van der Waals surface area contributed by atoms with E-state index in [0.717, 1.165) is 0 Å². The maximum atomic E-state index is 10.9. The summed E-state index contributed by atoms with van der Waals surface area (Å²) in [5, 5.41) is 19.0. The summed E-state index contributed by atoms with van der Waals surface area (Å²) in [7, 11) is 0. The molecule has 0 saturated heterocycles. The molecule has 0 bridgehead atoms. The highest BCUT2D eigenvalue weighted by Gasteiger charge is 2.13. The van der Waals surface area contributed by atoms with Gasteiger partial charge in [-0.3, -0.25) is 9.59 Å². The van der Waals surface area contributed by atoms with Crippen molar-refractivity contribution < 1.29 is 28.3 Å². The molecule has 2 N–H and O–H groups in total. The Morgan fingerprint density at radius 1 is 0.833 bits per heavy atom. The summed E-state index contributed by atoms with van der Waals surface area (Å²) < 4.78 is 19.7. The number of nitrogens with zero attached hydrogens (tertiary/aromatic N) is 4. The van der Waals surface area contributed by atoms with Crippen molar-refractivity contribution >= 4 is 23.5 Å². The number of carbonyl (C=O) groups excluding carboxylic acids is 2. The summed E-state index contributed by atoms with van der Waals surface area (Å²) in [6.07, 6.45) is 1.26. The molecule has 2 rings (SSSR count). The quantitative estimate of drug-likeness (QED) is 0.620. The Morgan fingerprint density at radius 3 is 1.62 bits per heavy atom. The maximum Gasteiger partial charge on any atom is 0.300 e. The van der Waals surface area contributed by atoms with E-state index in [1.165, 1.54) is 13.8 Å². The zero-order valence-corrected chi connectivity index (χ0v) is 13.1. The number of hydrogen-bond donors (Lipinski definition) is 2. The molecule has 0 aliphatic carbocycles. The van der Waals surface area contributed by atoms with Crippen LogP contribution in [0.2, 0.25) is 0 Å². The smallest absolute Gasteiger partial charge is 0.300 e. The van der Waals surface area contributed by atoms with Crippen molar-refractivity contribution in [2.75, 3.05) is 23.8 Å². The van der Waals surface area contributed by atoms with Gasteiger partial charge in [-0.25, -0.2) is 9.26 Å². The van der Waals surface area contributed by atoms with Crippen LogP contribution in [-0.2, 0) is 9.59 Å². The molecule has 24 heavy (non-hydrogen) atoms. The first-order valence-corrected chi connectivity index (χ1v) is 7.02. The van der Waals surface area contributed by atoms with E-state index in [0.29, 0.717) is 26.1 Å². The van der Waals surface area contributed by atoms with Crippen molar-refractivity contribution in [1.82, 2.24) is 20.6 Å². The Balaban J connectivity index is 1.65. The number of nitrogens with one attached hydrogen (secondary N) is 2. The summed E-state index contributed by atoms with van der Waals surface area (Å²) in [5.41, 5.74) is 0. The third-order valence-corrected chi connectivity index (χ3v) is 2.52. The van der Waals surface area contributed by atoms with E-state index < -0.39 is 0 Å². The zero-order valence-electron chi connectivity index (χ0n) is 13.1. The Morgan fingerprint density at radius 2 is 1.25 bits per heavy atom. The van der Waals surface area contributed by atoms with E-state index in [2.05, 4.69) is 40.5 Å². The van der Waals surface area contributed by atoms with Crippen molar-refractivity contribution in [2.24, 2.45) is 0 Å². The molecule has 0 fully saturated rings. The van der Waals surface area contributed by atoms with Crippen molar-refractivity contribution in [1.29, 1.82) is 0 Å². The van der Waals surface area contributed by atoms with Gasteiger partial charge in [-0.15, -0.1) is 0 Å². The number of anilines is 2. The Kier molecular flexibility index (Phi) is 6.05. The van der Waals surface area contributed by atoms with E-state index in [-0.39, 0.29) is 35.2 Å². The minimum absolute atomic E-state index is 0.111. The van der Waals surface area contributed by atoms with Gasteiger partial charge in [-0.2, -0.15) is 0 Å². The first-order chi connectivity index (χ1) is 11.6. The molecule has 0 aliphatic heterocycles. The Hall–Kier alpha value is -3.18. The lowest BCUT2D eigenvalue weighted by atomic mass is 10.3. The van der Waals surface area contributed by atoms with E-state index in [9.17, 15) is 9.59 Å². The van der Waals surface area contributed by atoms with Crippen LogP contribution >= 0.6 is 0 Å². The largest absolute Gasteiger partial charge is 0.473 e. The SMILES string of the molecule is CC(=O)Nc1nonc1OCCCCOc1nonc1NC(C)=O. The van der Waals surface area contributed by atoms with Crippen LogP contribution in [-0.4, -0.2) is 45.7 Å². The number of rotatable bonds is 9. The van der Waals surface area contributed by atoms with Crippen LogP contribution in [0, 0.1) is 0 Å². The highest BCUT2D eigenvalue weighted by molar-refractivity contribution is 5.89. The topological polar surface area (TPSA) is 154 Å². The van der Waals surface area contributed by atoms with Gasteiger partial charge in [0.25, 0.3) is 0 Å². The highest BCUT2D eigenvalue weighted by Crippen LogP contribution is 2.20. The highest BCUT2D eigenvalue weighted by atomic mass is 16.6. The van der Waals surface area contributed by atoms with Crippen LogP contribution in [0.4, 0.5) is 11.6 Å². The summed E-state index contributed by atoms with van der Waals surface area (Å²) in [5.74, 6) is -0.125. The molecule has 0 saturated carbocycles. The molecule has 130 valence electrons. The number of ether oxygens (including phenoxy) is 2. The molecule has 0 spiro atoms. The molecule has 2 heterocycles. The Labute approximate surface area is 135 Å².